The normalized spacial score (nSPS) is 14.3. The zero-order chi connectivity index (χ0) is 17.6. The van der Waals surface area contributed by atoms with Gasteiger partial charge in [-0.3, -0.25) is 9.59 Å². The molecule has 0 bridgehead atoms. The van der Waals surface area contributed by atoms with Crippen molar-refractivity contribution in [1.82, 2.24) is 10.3 Å². The van der Waals surface area contributed by atoms with Crippen LogP contribution in [0, 0.1) is 0 Å². The Morgan fingerprint density at radius 3 is 2.28 bits per heavy atom. The van der Waals surface area contributed by atoms with Crippen molar-refractivity contribution in [3.05, 3.63) is 59.4 Å². The van der Waals surface area contributed by atoms with Crippen molar-refractivity contribution in [2.24, 2.45) is 0 Å². The summed E-state index contributed by atoms with van der Waals surface area (Å²) >= 11 is 0. The van der Waals surface area contributed by atoms with E-state index in [4.69, 9.17) is 0 Å². The molecule has 0 unspecified atom stereocenters. The Hall–Kier alpha value is -2.69. The number of pyridine rings is 1. The monoisotopic (exact) mass is 337 g/mol. The Bertz CT molecular complexity index is 750. The highest BCUT2D eigenvalue weighted by atomic mass is 16.2. The van der Waals surface area contributed by atoms with Crippen LogP contribution in [0.3, 0.4) is 0 Å². The first-order chi connectivity index (χ1) is 12.2. The predicted octanol–water partition coefficient (Wildman–Crippen LogP) is 3.57. The Morgan fingerprint density at radius 2 is 1.64 bits per heavy atom. The fraction of sp³-hybridized carbons (Fsp3) is 0.350. The molecule has 1 saturated carbocycles. The molecule has 0 aliphatic heterocycles. The molecule has 25 heavy (non-hydrogen) atoms. The number of aromatic nitrogens is 1. The van der Waals surface area contributed by atoms with E-state index in [2.05, 4.69) is 22.5 Å². The maximum atomic E-state index is 12.4. The van der Waals surface area contributed by atoms with E-state index in [1.54, 1.807) is 18.2 Å². The number of aryl methyl sites for hydroxylation is 1. The minimum absolute atomic E-state index is 0.214. The molecular formula is C20H23N3O2. The second kappa shape index (κ2) is 7.92. The molecule has 5 nitrogen and oxygen atoms in total. The zero-order valence-corrected chi connectivity index (χ0v) is 14.4. The lowest BCUT2D eigenvalue weighted by Crippen LogP contribution is -2.33. The minimum Gasteiger partial charge on any atom is -0.348 e. The SMILES string of the molecule is CCc1ccc(NC(=O)c2cccc(C(=O)NC3CCCC3)n2)cc1. The summed E-state index contributed by atoms with van der Waals surface area (Å²) < 4.78 is 0. The zero-order valence-electron chi connectivity index (χ0n) is 14.4. The lowest BCUT2D eigenvalue weighted by molar-refractivity contribution is 0.0932. The fourth-order valence-corrected chi connectivity index (χ4v) is 3.04. The van der Waals surface area contributed by atoms with Crippen molar-refractivity contribution in [2.75, 3.05) is 5.32 Å². The van der Waals surface area contributed by atoms with Gasteiger partial charge in [-0.1, -0.05) is 38.0 Å². The van der Waals surface area contributed by atoms with Gasteiger partial charge in [0.15, 0.2) is 0 Å². The van der Waals surface area contributed by atoms with Gasteiger partial charge >= 0.3 is 0 Å². The van der Waals surface area contributed by atoms with E-state index < -0.39 is 0 Å². The molecule has 1 heterocycles. The molecule has 1 aromatic carbocycles. The maximum Gasteiger partial charge on any atom is 0.274 e. The van der Waals surface area contributed by atoms with Crippen molar-refractivity contribution >= 4 is 17.5 Å². The summed E-state index contributed by atoms with van der Waals surface area (Å²) in [6, 6.07) is 12.9. The summed E-state index contributed by atoms with van der Waals surface area (Å²) in [5.41, 5.74) is 2.44. The summed E-state index contributed by atoms with van der Waals surface area (Å²) in [4.78, 5) is 28.9. The topological polar surface area (TPSA) is 71.1 Å². The van der Waals surface area contributed by atoms with Gasteiger partial charge in [0.1, 0.15) is 11.4 Å². The molecule has 0 atom stereocenters. The van der Waals surface area contributed by atoms with Gasteiger partial charge in [0.25, 0.3) is 11.8 Å². The summed E-state index contributed by atoms with van der Waals surface area (Å²) in [7, 11) is 0. The highest BCUT2D eigenvalue weighted by Gasteiger charge is 2.19. The van der Waals surface area contributed by atoms with Crippen molar-refractivity contribution in [2.45, 2.75) is 45.1 Å². The number of anilines is 1. The van der Waals surface area contributed by atoms with Crippen LogP contribution in [0.5, 0.6) is 0 Å². The quantitative estimate of drug-likeness (QED) is 0.876. The third-order valence-electron chi connectivity index (χ3n) is 4.52. The largest absolute Gasteiger partial charge is 0.348 e. The van der Waals surface area contributed by atoms with Crippen LogP contribution in [0.4, 0.5) is 5.69 Å². The minimum atomic E-state index is -0.320. The van der Waals surface area contributed by atoms with E-state index in [1.165, 1.54) is 5.56 Å². The Balaban J connectivity index is 1.66. The van der Waals surface area contributed by atoms with Crippen LogP contribution < -0.4 is 10.6 Å². The first kappa shape index (κ1) is 17.1. The number of nitrogens with zero attached hydrogens (tertiary/aromatic N) is 1. The lowest BCUT2D eigenvalue weighted by Gasteiger charge is -2.12. The number of hydrogen-bond donors (Lipinski definition) is 2. The van der Waals surface area contributed by atoms with Crippen molar-refractivity contribution in [3.63, 3.8) is 0 Å². The highest BCUT2D eigenvalue weighted by molar-refractivity contribution is 6.03. The maximum absolute atomic E-state index is 12.4. The molecule has 130 valence electrons. The molecule has 1 aliphatic carbocycles. The van der Waals surface area contributed by atoms with E-state index >= 15 is 0 Å². The summed E-state index contributed by atoms with van der Waals surface area (Å²) in [6.07, 6.45) is 5.28. The average Bonchev–Trinajstić information content (AvgIpc) is 3.15. The van der Waals surface area contributed by atoms with Gasteiger partial charge < -0.3 is 10.6 Å². The number of hydrogen-bond acceptors (Lipinski definition) is 3. The molecule has 1 aliphatic rings. The highest BCUT2D eigenvalue weighted by Crippen LogP contribution is 2.18. The number of amides is 2. The molecule has 0 spiro atoms. The molecule has 3 rings (SSSR count). The van der Waals surface area contributed by atoms with Gasteiger partial charge in [0, 0.05) is 11.7 Å². The predicted molar refractivity (Wildman–Crippen MR) is 97.7 cm³/mol. The molecule has 0 saturated heterocycles. The van der Waals surface area contributed by atoms with E-state index in [0.717, 1.165) is 32.1 Å². The molecule has 2 aromatic rings. The molecule has 5 heteroatoms. The van der Waals surface area contributed by atoms with Crippen LogP contribution >= 0.6 is 0 Å². The van der Waals surface area contributed by atoms with Gasteiger partial charge in [-0.15, -0.1) is 0 Å². The standard InChI is InChI=1S/C20H23N3O2/c1-2-14-10-12-16(13-11-14)22-20(25)18-9-5-8-17(23-18)19(24)21-15-6-3-4-7-15/h5,8-13,15H,2-4,6-7H2,1H3,(H,21,24)(H,22,25). The van der Waals surface area contributed by atoms with E-state index in [-0.39, 0.29) is 29.2 Å². The number of carbonyl (C=O) groups is 2. The number of benzene rings is 1. The van der Waals surface area contributed by atoms with Crippen molar-refractivity contribution in [1.29, 1.82) is 0 Å². The van der Waals surface area contributed by atoms with E-state index in [9.17, 15) is 9.59 Å². The Morgan fingerprint density at radius 1 is 1.00 bits per heavy atom. The van der Waals surface area contributed by atoms with Crippen LogP contribution in [-0.2, 0) is 6.42 Å². The van der Waals surface area contributed by atoms with Gasteiger partial charge in [-0.25, -0.2) is 4.98 Å². The third-order valence-corrected chi connectivity index (χ3v) is 4.52. The van der Waals surface area contributed by atoms with Crippen molar-refractivity contribution < 1.29 is 9.59 Å². The molecule has 1 aromatic heterocycles. The van der Waals surface area contributed by atoms with Gasteiger partial charge in [-0.05, 0) is 49.1 Å². The summed E-state index contributed by atoms with van der Waals surface area (Å²) in [5, 5.41) is 5.81. The summed E-state index contributed by atoms with van der Waals surface area (Å²) in [6.45, 7) is 2.08. The van der Waals surface area contributed by atoms with E-state index in [1.807, 2.05) is 24.3 Å². The van der Waals surface area contributed by atoms with E-state index in [0.29, 0.717) is 5.69 Å². The van der Waals surface area contributed by atoms with Crippen LogP contribution in [-0.4, -0.2) is 22.8 Å². The van der Waals surface area contributed by atoms with Gasteiger partial charge in [0.05, 0.1) is 0 Å². The number of nitrogens with one attached hydrogen (secondary N) is 2. The first-order valence-electron chi connectivity index (χ1n) is 8.84. The van der Waals surface area contributed by atoms with Crippen LogP contribution in [0.1, 0.15) is 59.1 Å². The van der Waals surface area contributed by atoms with Gasteiger partial charge in [-0.2, -0.15) is 0 Å². The molecular weight excluding hydrogens is 314 g/mol. The summed E-state index contributed by atoms with van der Waals surface area (Å²) in [5.74, 6) is -0.534. The lowest BCUT2D eigenvalue weighted by atomic mass is 10.1. The third kappa shape index (κ3) is 4.44. The van der Waals surface area contributed by atoms with Crippen LogP contribution in [0.2, 0.25) is 0 Å². The van der Waals surface area contributed by atoms with Crippen molar-refractivity contribution in [3.8, 4) is 0 Å². The second-order valence-electron chi connectivity index (χ2n) is 6.37. The van der Waals surface area contributed by atoms with Crippen LogP contribution in [0.25, 0.3) is 0 Å². The smallest absolute Gasteiger partial charge is 0.274 e. The number of carbonyl (C=O) groups excluding carboxylic acids is 2. The average molecular weight is 337 g/mol. The molecule has 1 fully saturated rings. The molecule has 2 N–H and O–H groups in total. The Kier molecular flexibility index (Phi) is 5.43. The Labute approximate surface area is 147 Å². The second-order valence-corrected chi connectivity index (χ2v) is 6.37. The molecule has 2 amide bonds. The number of rotatable bonds is 5. The van der Waals surface area contributed by atoms with Crippen LogP contribution in [0.15, 0.2) is 42.5 Å². The first-order valence-corrected chi connectivity index (χ1v) is 8.84. The fourth-order valence-electron chi connectivity index (χ4n) is 3.04. The van der Waals surface area contributed by atoms with Gasteiger partial charge in [0.2, 0.25) is 0 Å². The molecule has 0 radical (unpaired) electrons.